The van der Waals surface area contributed by atoms with Crippen molar-refractivity contribution in [3.63, 3.8) is 0 Å². The van der Waals surface area contributed by atoms with Crippen molar-refractivity contribution in [1.82, 2.24) is 4.98 Å². The molecule has 0 atom stereocenters. The summed E-state index contributed by atoms with van der Waals surface area (Å²) in [6.45, 7) is 4.62. The molecule has 0 saturated carbocycles. The molecule has 0 aliphatic rings. The Kier molecular flexibility index (Phi) is 6.11. The predicted molar refractivity (Wildman–Crippen MR) is 91.1 cm³/mol. The van der Waals surface area contributed by atoms with Crippen LogP contribution in [-0.2, 0) is 20.7 Å². The van der Waals surface area contributed by atoms with Crippen molar-refractivity contribution in [1.29, 1.82) is 0 Å². The molecule has 1 N–H and O–H groups in total. The third kappa shape index (κ3) is 3.90. The van der Waals surface area contributed by atoms with E-state index in [1.54, 1.807) is 19.9 Å². The first-order valence-corrected chi connectivity index (χ1v) is 8.07. The summed E-state index contributed by atoms with van der Waals surface area (Å²) in [7, 11) is 0. The van der Waals surface area contributed by atoms with E-state index < -0.39 is 29.7 Å². The fourth-order valence-corrected chi connectivity index (χ4v) is 2.59. The van der Waals surface area contributed by atoms with Gasteiger partial charge in [0, 0.05) is 0 Å². The number of aromatic amines is 1. The smallest absolute Gasteiger partial charge is 0.340 e. The van der Waals surface area contributed by atoms with Crippen molar-refractivity contribution in [2.75, 3.05) is 13.2 Å². The van der Waals surface area contributed by atoms with Crippen molar-refractivity contribution in [2.24, 2.45) is 0 Å². The lowest BCUT2D eigenvalue weighted by molar-refractivity contribution is -0.142. The minimum Gasteiger partial charge on any atom is -0.466 e. The van der Waals surface area contributed by atoms with Crippen molar-refractivity contribution < 1.29 is 28.3 Å². The third-order valence-electron chi connectivity index (χ3n) is 3.54. The van der Waals surface area contributed by atoms with Crippen LogP contribution in [0.3, 0.4) is 0 Å². The number of esters is 2. The van der Waals surface area contributed by atoms with Crippen LogP contribution in [0.15, 0.2) is 27.6 Å². The van der Waals surface area contributed by atoms with Crippen LogP contribution in [0.2, 0.25) is 0 Å². The van der Waals surface area contributed by atoms with E-state index in [-0.39, 0.29) is 41.4 Å². The lowest BCUT2D eigenvalue weighted by Gasteiger charge is -2.15. The number of hydrogen-bond acceptors (Lipinski definition) is 7. The van der Waals surface area contributed by atoms with Gasteiger partial charge < -0.3 is 18.9 Å². The number of pyridine rings is 1. The second kappa shape index (κ2) is 8.28. The van der Waals surface area contributed by atoms with Crippen LogP contribution in [0, 0.1) is 0 Å². The standard InChI is InChI=1S/C18H19NO7/c1-4-24-13(21)9-11-14(10(3)20)17(22)19-16(12-7-6-8-26-12)15(11)18(23)25-5-2/h6-8H,4-5,9H2,1-3H3,(H,19,22). The van der Waals surface area contributed by atoms with E-state index >= 15 is 0 Å². The SMILES string of the molecule is CCOC(=O)Cc1c(C(=O)OCC)c(-c2ccco2)[nH]c(=O)c1C(C)=O. The Morgan fingerprint density at radius 2 is 1.81 bits per heavy atom. The molecule has 2 aromatic heterocycles. The first-order chi connectivity index (χ1) is 12.4. The van der Waals surface area contributed by atoms with E-state index in [4.69, 9.17) is 13.9 Å². The number of nitrogens with one attached hydrogen (secondary N) is 1. The predicted octanol–water partition coefficient (Wildman–Crippen LogP) is 2.12. The molecule has 0 aromatic carbocycles. The van der Waals surface area contributed by atoms with Gasteiger partial charge in [0.05, 0.1) is 42.7 Å². The summed E-state index contributed by atoms with van der Waals surface area (Å²) in [4.78, 5) is 51.5. The molecule has 0 amide bonds. The molecular formula is C18H19NO7. The van der Waals surface area contributed by atoms with Gasteiger partial charge in [-0.05, 0) is 38.5 Å². The second-order valence-corrected chi connectivity index (χ2v) is 5.29. The zero-order chi connectivity index (χ0) is 19.3. The Hall–Kier alpha value is -3.16. The fraction of sp³-hybridized carbons (Fsp3) is 0.333. The van der Waals surface area contributed by atoms with E-state index in [0.717, 1.165) is 0 Å². The van der Waals surface area contributed by atoms with Gasteiger partial charge in [-0.3, -0.25) is 14.4 Å². The molecule has 8 heteroatoms. The number of furan rings is 1. The molecule has 0 unspecified atom stereocenters. The van der Waals surface area contributed by atoms with Crippen LogP contribution in [0.1, 0.15) is 47.1 Å². The molecule has 0 aliphatic carbocycles. The topological polar surface area (TPSA) is 116 Å². The van der Waals surface area contributed by atoms with Gasteiger partial charge in [0.1, 0.15) is 0 Å². The summed E-state index contributed by atoms with van der Waals surface area (Å²) in [6, 6.07) is 3.11. The molecule has 0 bridgehead atoms. The molecular weight excluding hydrogens is 342 g/mol. The van der Waals surface area contributed by atoms with Crippen LogP contribution in [0.4, 0.5) is 0 Å². The Labute approximate surface area is 149 Å². The normalized spacial score (nSPS) is 10.4. The molecule has 26 heavy (non-hydrogen) atoms. The van der Waals surface area contributed by atoms with Crippen LogP contribution in [0.5, 0.6) is 0 Å². The zero-order valence-electron chi connectivity index (χ0n) is 14.7. The number of ether oxygens (including phenoxy) is 2. The maximum atomic E-state index is 12.6. The highest BCUT2D eigenvalue weighted by Gasteiger charge is 2.29. The van der Waals surface area contributed by atoms with Gasteiger partial charge in [-0.2, -0.15) is 0 Å². The van der Waals surface area contributed by atoms with E-state index in [0.29, 0.717) is 0 Å². The zero-order valence-corrected chi connectivity index (χ0v) is 14.7. The molecule has 0 spiro atoms. The molecule has 0 saturated heterocycles. The lowest BCUT2D eigenvalue weighted by atomic mass is 9.95. The van der Waals surface area contributed by atoms with Gasteiger partial charge in [0.2, 0.25) is 0 Å². The van der Waals surface area contributed by atoms with E-state index in [1.807, 2.05) is 0 Å². The minimum atomic E-state index is -0.781. The maximum absolute atomic E-state index is 12.6. The summed E-state index contributed by atoms with van der Waals surface area (Å²) >= 11 is 0. The molecule has 0 fully saturated rings. The summed E-state index contributed by atoms with van der Waals surface area (Å²) in [5, 5.41) is 0. The monoisotopic (exact) mass is 361 g/mol. The van der Waals surface area contributed by atoms with Gasteiger partial charge in [-0.15, -0.1) is 0 Å². The highest BCUT2D eigenvalue weighted by molar-refractivity contribution is 6.04. The van der Waals surface area contributed by atoms with Crippen molar-refractivity contribution in [2.45, 2.75) is 27.2 Å². The van der Waals surface area contributed by atoms with Gasteiger partial charge in [0.25, 0.3) is 5.56 Å². The number of H-pyrrole nitrogens is 1. The second-order valence-electron chi connectivity index (χ2n) is 5.29. The molecule has 2 aromatic rings. The van der Waals surface area contributed by atoms with E-state index in [9.17, 15) is 19.2 Å². The molecule has 2 rings (SSSR count). The number of carbonyl (C=O) groups excluding carboxylic acids is 3. The first-order valence-electron chi connectivity index (χ1n) is 8.07. The van der Waals surface area contributed by atoms with Gasteiger partial charge in [-0.25, -0.2) is 4.79 Å². The molecule has 138 valence electrons. The average Bonchev–Trinajstić information content (AvgIpc) is 3.08. The third-order valence-corrected chi connectivity index (χ3v) is 3.54. The average molecular weight is 361 g/mol. The minimum absolute atomic E-state index is 0.0375. The Morgan fingerprint density at radius 1 is 1.12 bits per heavy atom. The fourth-order valence-electron chi connectivity index (χ4n) is 2.59. The van der Waals surface area contributed by atoms with Crippen LogP contribution >= 0.6 is 0 Å². The van der Waals surface area contributed by atoms with Crippen molar-refractivity contribution in [3.05, 3.63) is 45.4 Å². The molecule has 0 aliphatic heterocycles. The van der Waals surface area contributed by atoms with Crippen molar-refractivity contribution in [3.8, 4) is 11.5 Å². The Morgan fingerprint density at radius 3 is 2.35 bits per heavy atom. The Bertz CT molecular complexity index is 878. The number of ketones is 1. The molecule has 8 nitrogen and oxygen atoms in total. The first kappa shape index (κ1) is 19.2. The van der Waals surface area contributed by atoms with Crippen LogP contribution < -0.4 is 5.56 Å². The van der Waals surface area contributed by atoms with Crippen LogP contribution in [-0.4, -0.2) is 35.9 Å². The van der Waals surface area contributed by atoms with Crippen molar-refractivity contribution >= 4 is 17.7 Å². The highest BCUT2D eigenvalue weighted by Crippen LogP contribution is 2.27. The van der Waals surface area contributed by atoms with Gasteiger partial charge in [-0.1, -0.05) is 0 Å². The van der Waals surface area contributed by atoms with Crippen LogP contribution in [0.25, 0.3) is 11.5 Å². The summed E-state index contributed by atoms with van der Waals surface area (Å²) < 4.78 is 15.2. The molecule has 2 heterocycles. The quantitative estimate of drug-likeness (QED) is 0.593. The van der Waals surface area contributed by atoms with E-state index in [2.05, 4.69) is 4.98 Å². The summed E-state index contributed by atoms with van der Waals surface area (Å²) in [5.74, 6) is -1.83. The summed E-state index contributed by atoms with van der Waals surface area (Å²) in [6.07, 6.45) is 0.945. The number of aromatic nitrogens is 1. The Balaban J connectivity index is 2.81. The number of hydrogen-bond donors (Lipinski definition) is 1. The maximum Gasteiger partial charge on any atom is 0.340 e. The molecule has 0 radical (unpaired) electrons. The summed E-state index contributed by atoms with van der Waals surface area (Å²) in [5.41, 5.74) is -1.10. The lowest BCUT2D eigenvalue weighted by Crippen LogP contribution is -2.27. The highest BCUT2D eigenvalue weighted by atomic mass is 16.5. The largest absolute Gasteiger partial charge is 0.466 e. The number of Topliss-reactive ketones (excluding diaryl/α,β-unsaturated/α-hetero) is 1. The number of carbonyl (C=O) groups is 3. The van der Waals surface area contributed by atoms with Gasteiger partial charge in [0.15, 0.2) is 11.5 Å². The van der Waals surface area contributed by atoms with E-state index in [1.165, 1.54) is 19.3 Å². The van der Waals surface area contributed by atoms with Gasteiger partial charge >= 0.3 is 11.9 Å². The number of rotatable bonds is 7.